The molecule has 0 aliphatic heterocycles. The summed E-state index contributed by atoms with van der Waals surface area (Å²) in [5.41, 5.74) is 1.33. The molecule has 0 heterocycles. The predicted molar refractivity (Wildman–Crippen MR) is 73.2 cm³/mol. The Morgan fingerprint density at radius 2 is 2.00 bits per heavy atom. The van der Waals surface area contributed by atoms with Crippen LogP contribution >= 0.6 is 31.9 Å². The average molecular weight is 335 g/mol. The molecule has 1 N–H and O–H groups in total. The lowest BCUT2D eigenvalue weighted by molar-refractivity contribution is 0.516. The summed E-state index contributed by atoms with van der Waals surface area (Å²) in [6, 6.07) is 6.77. The highest BCUT2D eigenvalue weighted by atomic mass is 79.9. The lowest BCUT2D eigenvalue weighted by atomic mass is 10.0. The van der Waals surface area contributed by atoms with E-state index in [0.29, 0.717) is 6.04 Å². The van der Waals surface area contributed by atoms with E-state index in [4.69, 9.17) is 0 Å². The molecule has 1 rings (SSSR count). The number of nitrogens with one attached hydrogen (secondary N) is 1. The van der Waals surface area contributed by atoms with E-state index in [1.165, 1.54) is 16.5 Å². The first kappa shape index (κ1) is 13.2. The molecule has 1 atom stereocenters. The minimum atomic E-state index is 0.442. The van der Waals surface area contributed by atoms with Crippen molar-refractivity contribution in [1.29, 1.82) is 0 Å². The lowest BCUT2D eigenvalue weighted by Gasteiger charge is -2.18. The van der Waals surface area contributed by atoms with Gasteiger partial charge in [-0.25, -0.2) is 0 Å². The summed E-state index contributed by atoms with van der Waals surface area (Å²) in [5, 5.41) is 3.55. The van der Waals surface area contributed by atoms with Crippen LogP contribution in [0.5, 0.6) is 0 Å². The van der Waals surface area contributed by atoms with Gasteiger partial charge in [-0.1, -0.05) is 45.7 Å². The van der Waals surface area contributed by atoms with E-state index in [0.717, 1.165) is 17.4 Å². The van der Waals surface area contributed by atoms with Crippen LogP contribution in [0.15, 0.2) is 27.1 Å². The lowest BCUT2D eigenvalue weighted by Crippen LogP contribution is -2.21. The fourth-order valence-corrected chi connectivity index (χ4v) is 2.48. The van der Waals surface area contributed by atoms with Gasteiger partial charge < -0.3 is 5.32 Å². The zero-order chi connectivity index (χ0) is 11.3. The van der Waals surface area contributed by atoms with Crippen molar-refractivity contribution in [2.75, 3.05) is 6.54 Å². The topological polar surface area (TPSA) is 12.0 Å². The summed E-state index contributed by atoms with van der Waals surface area (Å²) in [6.07, 6.45) is 2.27. The molecule has 0 spiro atoms. The molecule has 0 aromatic heterocycles. The second kappa shape index (κ2) is 6.66. The molecule has 15 heavy (non-hydrogen) atoms. The van der Waals surface area contributed by atoms with Gasteiger partial charge in [0.25, 0.3) is 0 Å². The highest BCUT2D eigenvalue weighted by Gasteiger charge is 2.11. The first-order valence-corrected chi connectivity index (χ1v) is 6.96. The van der Waals surface area contributed by atoms with E-state index in [9.17, 15) is 0 Å². The summed E-state index contributed by atoms with van der Waals surface area (Å²) < 4.78 is 2.32. The van der Waals surface area contributed by atoms with Crippen LogP contribution in [0.3, 0.4) is 0 Å². The zero-order valence-electron chi connectivity index (χ0n) is 9.19. The Morgan fingerprint density at radius 1 is 1.27 bits per heavy atom. The van der Waals surface area contributed by atoms with Gasteiger partial charge in [-0.05, 0) is 43.1 Å². The minimum Gasteiger partial charge on any atom is -0.310 e. The monoisotopic (exact) mass is 333 g/mol. The maximum absolute atomic E-state index is 3.60. The maximum atomic E-state index is 3.60. The Bertz CT molecular complexity index is 312. The summed E-state index contributed by atoms with van der Waals surface area (Å²) in [4.78, 5) is 0. The smallest absolute Gasteiger partial charge is 0.0329 e. The molecule has 1 nitrogen and oxygen atoms in total. The quantitative estimate of drug-likeness (QED) is 0.825. The number of hydrogen-bond acceptors (Lipinski definition) is 1. The fraction of sp³-hybridized carbons (Fsp3) is 0.500. The van der Waals surface area contributed by atoms with Crippen LogP contribution in [0.25, 0.3) is 0 Å². The molecule has 0 bridgehead atoms. The second-order valence-electron chi connectivity index (χ2n) is 3.58. The first-order valence-electron chi connectivity index (χ1n) is 5.37. The van der Waals surface area contributed by atoms with Gasteiger partial charge >= 0.3 is 0 Å². The van der Waals surface area contributed by atoms with Gasteiger partial charge in [0.15, 0.2) is 0 Å². The third kappa shape index (κ3) is 3.89. The predicted octanol–water partition coefficient (Wildman–Crippen LogP) is 4.66. The number of rotatable bonds is 5. The Kier molecular flexibility index (Phi) is 5.87. The van der Waals surface area contributed by atoms with Crippen molar-refractivity contribution in [3.63, 3.8) is 0 Å². The summed E-state index contributed by atoms with van der Waals surface area (Å²) in [7, 11) is 0. The third-order valence-corrected chi connectivity index (χ3v) is 3.60. The SMILES string of the molecule is CCCNC(CC)c1cc(Br)ccc1Br. The average Bonchev–Trinajstić information content (AvgIpc) is 2.24. The standard InChI is InChI=1S/C12H17Br2N/c1-3-7-15-12(4-2)10-8-9(13)5-6-11(10)14/h5-6,8,12,15H,3-4,7H2,1-2H3. The number of hydrogen-bond donors (Lipinski definition) is 1. The summed E-state index contributed by atoms with van der Waals surface area (Å²) in [6.45, 7) is 5.47. The molecule has 0 saturated heterocycles. The number of benzene rings is 1. The molecule has 0 aliphatic rings. The van der Waals surface area contributed by atoms with E-state index >= 15 is 0 Å². The van der Waals surface area contributed by atoms with Crippen molar-refractivity contribution in [3.8, 4) is 0 Å². The first-order chi connectivity index (χ1) is 7.19. The minimum absolute atomic E-state index is 0.442. The van der Waals surface area contributed by atoms with Crippen molar-refractivity contribution in [2.24, 2.45) is 0 Å². The Balaban J connectivity index is 2.85. The highest BCUT2D eigenvalue weighted by Crippen LogP contribution is 2.28. The Hall–Kier alpha value is 0.140. The van der Waals surface area contributed by atoms with Crippen molar-refractivity contribution >= 4 is 31.9 Å². The van der Waals surface area contributed by atoms with Crippen LogP contribution in [0.2, 0.25) is 0 Å². The molecule has 1 aromatic carbocycles. The zero-order valence-corrected chi connectivity index (χ0v) is 12.4. The molecular weight excluding hydrogens is 318 g/mol. The molecule has 0 fully saturated rings. The Morgan fingerprint density at radius 3 is 2.60 bits per heavy atom. The molecule has 0 aliphatic carbocycles. The van der Waals surface area contributed by atoms with Crippen LogP contribution < -0.4 is 5.32 Å². The largest absolute Gasteiger partial charge is 0.310 e. The van der Waals surface area contributed by atoms with E-state index in [-0.39, 0.29) is 0 Å². The van der Waals surface area contributed by atoms with E-state index in [1.807, 2.05) is 0 Å². The van der Waals surface area contributed by atoms with Crippen LogP contribution in [-0.2, 0) is 0 Å². The van der Waals surface area contributed by atoms with E-state index in [1.54, 1.807) is 0 Å². The van der Waals surface area contributed by atoms with Crippen LogP contribution in [0.1, 0.15) is 38.3 Å². The van der Waals surface area contributed by atoms with Crippen molar-refractivity contribution in [3.05, 3.63) is 32.7 Å². The summed E-state index contributed by atoms with van der Waals surface area (Å²) >= 11 is 7.12. The molecule has 0 saturated carbocycles. The van der Waals surface area contributed by atoms with Gasteiger partial charge in [0.1, 0.15) is 0 Å². The summed E-state index contributed by atoms with van der Waals surface area (Å²) in [5.74, 6) is 0. The molecule has 84 valence electrons. The van der Waals surface area contributed by atoms with E-state index < -0.39 is 0 Å². The van der Waals surface area contributed by atoms with Crippen molar-refractivity contribution < 1.29 is 0 Å². The van der Waals surface area contributed by atoms with Gasteiger partial charge in [-0.3, -0.25) is 0 Å². The van der Waals surface area contributed by atoms with Gasteiger partial charge in [-0.15, -0.1) is 0 Å². The van der Waals surface area contributed by atoms with Gasteiger partial charge in [0.2, 0.25) is 0 Å². The molecule has 3 heteroatoms. The molecule has 0 amide bonds. The van der Waals surface area contributed by atoms with Gasteiger partial charge in [-0.2, -0.15) is 0 Å². The van der Waals surface area contributed by atoms with Crippen LogP contribution in [0.4, 0.5) is 0 Å². The molecular formula is C12H17Br2N. The fourth-order valence-electron chi connectivity index (χ4n) is 1.57. The van der Waals surface area contributed by atoms with Crippen molar-refractivity contribution in [2.45, 2.75) is 32.7 Å². The molecule has 1 unspecified atom stereocenters. The highest BCUT2D eigenvalue weighted by molar-refractivity contribution is 9.11. The molecule has 0 radical (unpaired) electrons. The van der Waals surface area contributed by atoms with Crippen molar-refractivity contribution in [1.82, 2.24) is 5.32 Å². The third-order valence-electron chi connectivity index (χ3n) is 2.38. The second-order valence-corrected chi connectivity index (χ2v) is 5.35. The van der Waals surface area contributed by atoms with Crippen LogP contribution in [0, 0.1) is 0 Å². The number of halogens is 2. The normalized spacial score (nSPS) is 12.8. The van der Waals surface area contributed by atoms with Crippen LogP contribution in [-0.4, -0.2) is 6.54 Å². The van der Waals surface area contributed by atoms with Gasteiger partial charge in [0.05, 0.1) is 0 Å². The Labute approximate surface area is 109 Å². The maximum Gasteiger partial charge on any atom is 0.0329 e. The molecule has 1 aromatic rings. The van der Waals surface area contributed by atoms with E-state index in [2.05, 4.69) is 69.2 Å². The van der Waals surface area contributed by atoms with Gasteiger partial charge in [0, 0.05) is 15.0 Å².